The summed E-state index contributed by atoms with van der Waals surface area (Å²) in [5, 5.41) is 30.9. The van der Waals surface area contributed by atoms with E-state index in [0.29, 0.717) is 11.4 Å². The Labute approximate surface area is 295 Å². The number of benzene rings is 6. The molecule has 52 heavy (non-hydrogen) atoms. The van der Waals surface area contributed by atoms with Gasteiger partial charge in [-0.25, -0.2) is 4.79 Å². The molecular formula is C35H26N4O11S2. The molecule has 0 bridgehead atoms. The van der Waals surface area contributed by atoms with Crippen LogP contribution in [0.25, 0.3) is 21.5 Å². The highest BCUT2D eigenvalue weighted by Gasteiger charge is 2.19. The molecule has 17 heteroatoms. The van der Waals surface area contributed by atoms with Crippen LogP contribution in [0, 0.1) is 0 Å². The number of fused-ring (bicyclic) bond motifs is 2. The molecule has 4 amide bonds. The van der Waals surface area contributed by atoms with Crippen molar-refractivity contribution >= 4 is 82.4 Å². The van der Waals surface area contributed by atoms with Gasteiger partial charge in [0.25, 0.3) is 32.1 Å². The molecule has 0 atom stereocenters. The number of phenols is 2. The van der Waals surface area contributed by atoms with Crippen LogP contribution < -0.4 is 21.3 Å². The van der Waals surface area contributed by atoms with Crippen LogP contribution in [-0.4, -0.2) is 54.0 Å². The van der Waals surface area contributed by atoms with Gasteiger partial charge in [-0.1, -0.05) is 0 Å². The van der Waals surface area contributed by atoms with Crippen molar-refractivity contribution in [1.29, 1.82) is 0 Å². The third-order valence-corrected chi connectivity index (χ3v) is 9.61. The van der Waals surface area contributed by atoms with E-state index in [1.54, 1.807) is 0 Å². The second-order valence-electron chi connectivity index (χ2n) is 11.3. The van der Waals surface area contributed by atoms with Crippen molar-refractivity contribution in [2.24, 2.45) is 0 Å². The molecule has 0 fully saturated rings. The van der Waals surface area contributed by atoms with E-state index < -0.39 is 47.9 Å². The summed E-state index contributed by atoms with van der Waals surface area (Å²) in [7, 11) is -9.16. The molecule has 15 nitrogen and oxygen atoms in total. The Hall–Kier alpha value is -6.53. The van der Waals surface area contributed by atoms with Gasteiger partial charge in [0.15, 0.2) is 0 Å². The Balaban J connectivity index is 1.08. The Morgan fingerprint density at radius 1 is 0.442 bits per heavy atom. The maximum Gasteiger partial charge on any atom is 0.323 e. The summed E-state index contributed by atoms with van der Waals surface area (Å²) in [5.41, 5.74) is 1.39. The second kappa shape index (κ2) is 13.6. The van der Waals surface area contributed by atoms with Gasteiger partial charge >= 0.3 is 6.03 Å². The Kier molecular flexibility index (Phi) is 9.26. The van der Waals surface area contributed by atoms with E-state index >= 15 is 0 Å². The molecule has 264 valence electrons. The highest BCUT2D eigenvalue weighted by molar-refractivity contribution is 7.86. The van der Waals surface area contributed by atoms with Crippen LogP contribution >= 0.6 is 0 Å². The number of hydrogen-bond acceptors (Lipinski definition) is 9. The van der Waals surface area contributed by atoms with Crippen LogP contribution in [0.2, 0.25) is 0 Å². The van der Waals surface area contributed by atoms with Crippen LogP contribution in [0.1, 0.15) is 20.7 Å². The zero-order valence-electron chi connectivity index (χ0n) is 26.4. The summed E-state index contributed by atoms with van der Waals surface area (Å²) < 4.78 is 66.3. The molecule has 0 saturated carbocycles. The number of phenolic OH excluding ortho intramolecular Hbond substituents is 2. The van der Waals surface area contributed by atoms with Gasteiger partial charge in [-0.3, -0.25) is 18.7 Å². The molecule has 0 heterocycles. The molecule has 0 radical (unpaired) electrons. The normalized spacial score (nSPS) is 11.6. The first-order chi connectivity index (χ1) is 24.6. The first-order valence-corrected chi connectivity index (χ1v) is 17.8. The van der Waals surface area contributed by atoms with Crippen molar-refractivity contribution < 1.29 is 50.5 Å². The van der Waals surface area contributed by atoms with E-state index in [2.05, 4.69) is 21.3 Å². The maximum atomic E-state index is 13.0. The van der Waals surface area contributed by atoms with Gasteiger partial charge in [0.05, 0.1) is 0 Å². The van der Waals surface area contributed by atoms with Crippen LogP contribution in [0.3, 0.4) is 0 Å². The number of carbonyl (C=O) groups excluding carboxylic acids is 3. The van der Waals surface area contributed by atoms with Gasteiger partial charge in [-0.05, 0) is 109 Å². The number of hydrogen-bond donors (Lipinski definition) is 8. The van der Waals surface area contributed by atoms with E-state index in [1.165, 1.54) is 97.1 Å². The predicted octanol–water partition coefficient (Wildman–Crippen LogP) is 6.05. The predicted molar refractivity (Wildman–Crippen MR) is 192 cm³/mol. The zero-order valence-corrected chi connectivity index (χ0v) is 28.0. The summed E-state index contributed by atoms with van der Waals surface area (Å²) >= 11 is 0. The number of carbonyl (C=O) groups is 3. The van der Waals surface area contributed by atoms with Gasteiger partial charge in [0.1, 0.15) is 21.3 Å². The number of amides is 4. The van der Waals surface area contributed by atoms with Crippen LogP contribution in [0.5, 0.6) is 11.5 Å². The van der Waals surface area contributed by atoms with Crippen LogP contribution in [0.15, 0.2) is 119 Å². The van der Waals surface area contributed by atoms with Crippen molar-refractivity contribution in [3.63, 3.8) is 0 Å². The van der Waals surface area contributed by atoms with E-state index in [1.807, 2.05) is 0 Å². The molecule has 0 aliphatic heterocycles. The number of anilines is 4. The minimum absolute atomic E-state index is 0.0866. The Morgan fingerprint density at radius 3 is 1.15 bits per heavy atom. The fraction of sp³-hybridized carbons (Fsp3) is 0. The molecular weight excluding hydrogens is 717 g/mol. The molecule has 0 aromatic heterocycles. The average Bonchev–Trinajstić information content (AvgIpc) is 3.08. The maximum absolute atomic E-state index is 13.0. The van der Waals surface area contributed by atoms with Crippen molar-refractivity contribution in [3.05, 3.63) is 120 Å². The third-order valence-electron chi connectivity index (χ3n) is 7.78. The number of urea groups is 1. The lowest BCUT2D eigenvalue weighted by atomic mass is 10.1. The zero-order chi connectivity index (χ0) is 37.4. The minimum Gasteiger partial charge on any atom is -0.508 e. The lowest BCUT2D eigenvalue weighted by molar-refractivity contribution is 0.101. The molecule has 0 unspecified atom stereocenters. The molecule has 0 saturated heterocycles. The molecule has 0 spiro atoms. The number of aromatic hydroxyl groups is 2. The van der Waals surface area contributed by atoms with Crippen LogP contribution in [0.4, 0.5) is 27.5 Å². The van der Waals surface area contributed by atoms with Crippen molar-refractivity contribution in [2.75, 3.05) is 21.3 Å². The molecule has 6 rings (SSSR count). The fourth-order valence-electron chi connectivity index (χ4n) is 5.38. The van der Waals surface area contributed by atoms with Gasteiger partial charge < -0.3 is 31.5 Å². The number of nitrogens with one attached hydrogen (secondary N) is 4. The minimum atomic E-state index is -4.58. The van der Waals surface area contributed by atoms with Gasteiger partial charge in [-0.15, -0.1) is 0 Å². The van der Waals surface area contributed by atoms with Crippen molar-refractivity contribution in [2.45, 2.75) is 9.79 Å². The van der Waals surface area contributed by atoms with Crippen molar-refractivity contribution in [1.82, 2.24) is 0 Å². The average molecular weight is 743 g/mol. The van der Waals surface area contributed by atoms with Gasteiger partial charge in [-0.2, -0.15) is 16.8 Å². The van der Waals surface area contributed by atoms with Gasteiger partial charge in [0, 0.05) is 55.4 Å². The van der Waals surface area contributed by atoms with E-state index in [4.69, 9.17) is 0 Å². The highest BCUT2D eigenvalue weighted by Crippen LogP contribution is 2.34. The lowest BCUT2D eigenvalue weighted by Gasteiger charge is -2.13. The molecule has 6 aromatic carbocycles. The standard InChI is InChI=1S/C35H26N4O11S2/c40-23-9-11-25-27(17-23)29(13-15-31(25)51(45,46)47)38-33(42)19-1-5-21(6-2-19)36-35(44)37-22-7-3-20(4-8-22)34(43)39-30-14-16-32(52(48,49)50)26-12-10-24(41)18-28(26)30/h1-18,40-41H,(H,38,42)(H,39,43)(H2,36,37,44)(H,45,46,47)(H,48,49,50). The Morgan fingerprint density at radius 2 is 0.808 bits per heavy atom. The van der Waals surface area contributed by atoms with E-state index in [-0.39, 0.29) is 55.5 Å². The monoisotopic (exact) mass is 742 g/mol. The highest BCUT2D eigenvalue weighted by atomic mass is 32.2. The fourth-order valence-corrected chi connectivity index (χ4v) is 6.77. The summed E-state index contributed by atoms with van der Waals surface area (Å²) in [6, 6.07) is 23.4. The first-order valence-electron chi connectivity index (χ1n) is 14.9. The van der Waals surface area contributed by atoms with E-state index in [9.17, 15) is 50.5 Å². The lowest BCUT2D eigenvalue weighted by Crippen LogP contribution is -2.20. The summed E-state index contributed by atoms with van der Waals surface area (Å²) in [6.07, 6.45) is 0. The molecule has 8 N–H and O–H groups in total. The second-order valence-corrected chi connectivity index (χ2v) is 14.1. The first kappa shape index (κ1) is 35.3. The summed E-state index contributed by atoms with van der Waals surface area (Å²) in [5.74, 6) is -1.53. The quantitative estimate of drug-likeness (QED) is 0.0834. The summed E-state index contributed by atoms with van der Waals surface area (Å²) in [6.45, 7) is 0. The Bertz CT molecular complexity index is 2460. The molecule has 0 aliphatic rings. The number of rotatable bonds is 8. The SMILES string of the molecule is O=C(Nc1ccc(C(=O)Nc2ccc(S(=O)(=O)O)c3ccc(O)cc23)cc1)Nc1ccc(C(=O)Nc2ccc(S(=O)(=O)O)c3ccc(O)cc23)cc1. The van der Waals surface area contributed by atoms with Gasteiger partial charge in [0.2, 0.25) is 0 Å². The van der Waals surface area contributed by atoms with E-state index in [0.717, 1.165) is 12.1 Å². The smallest absolute Gasteiger partial charge is 0.323 e. The molecule has 0 aliphatic carbocycles. The van der Waals surface area contributed by atoms with Crippen LogP contribution in [-0.2, 0) is 20.2 Å². The topological polar surface area (TPSA) is 249 Å². The molecule has 6 aromatic rings. The van der Waals surface area contributed by atoms with Crippen molar-refractivity contribution in [3.8, 4) is 11.5 Å². The third kappa shape index (κ3) is 7.62. The summed E-state index contributed by atoms with van der Waals surface area (Å²) in [4.78, 5) is 37.8. The largest absolute Gasteiger partial charge is 0.508 e.